The molecule has 3 rings (SSSR count). The highest BCUT2D eigenvalue weighted by Gasteiger charge is 2.23. The first-order chi connectivity index (χ1) is 14.1. The van der Waals surface area contributed by atoms with Gasteiger partial charge < -0.3 is 19.5 Å². The van der Waals surface area contributed by atoms with Crippen LogP contribution in [0, 0.1) is 0 Å². The number of esters is 1. The average Bonchev–Trinajstić information content (AvgIpc) is 3.25. The summed E-state index contributed by atoms with van der Waals surface area (Å²) in [6, 6.07) is 17.1. The molecule has 0 aliphatic heterocycles. The fraction of sp³-hybridized carbons (Fsp3) is 0.391. The number of hydrogen-bond acceptors (Lipinski definition) is 5. The molecule has 0 bridgehead atoms. The third kappa shape index (κ3) is 6.82. The standard InChI is InChI=1S/C23H27NO5/c1-17(23(26)24-19-9-5-6-10-19)29-22(25)16-28-21-13-11-20(12-14-21)27-15-18-7-3-2-4-8-18/h2-4,7-8,11-14,17,19H,5-6,9-10,15-16H2,1H3,(H,24,26)/t17-/m0/s1. The van der Waals surface area contributed by atoms with Crippen LogP contribution in [0.2, 0.25) is 0 Å². The highest BCUT2D eigenvalue weighted by atomic mass is 16.6. The van der Waals surface area contributed by atoms with Crippen molar-refractivity contribution in [1.82, 2.24) is 5.32 Å². The minimum absolute atomic E-state index is 0.197. The van der Waals surface area contributed by atoms with Gasteiger partial charge in [0.15, 0.2) is 12.7 Å². The van der Waals surface area contributed by atoms with Gasteiger partial charge in [0.05, 0.1) is 0 Å². The monoisotopic (exact) mass is 397 g/mol. The number of rotatable bonds is 9. The molecular weight excluding hydrogens is 370 g/mol. The van der Waals surface area contributed by atoms with E-state index in [4.69, 9.17) is 14.2 Å². The van der Waals surface area contributed by atoms with Crippen LogP contribution in [0.5, 0.6) is 11.5 Å². The van der Waals surface area contributed by atoms with Crippen LogP contribution >= 0.6 is 0 Å². The zero-order valence-corrected chi connectivity index (χ0v) is 16.6. The summed E-state index contributed by atoms with van der Waals surface area (Å²) in [6.07, 6.45) is 3.40. The molecule has 2 aromatic carbocycles. The second kappa shape index (κ2) is 10.5. The van der Waals surface area contributed by atoms with E-state index in [2.05, 4.69) is 5.32 Å². The van der Waals surface area contributed by atoms with Gasteiger partial charge in [-0.1, -0.05) is 43.2 Å². The van der Waals surface area contributed by atoms with Gasteiger partial charge in [0.2, 0.25) is 0 Å². The van der Waals surface area contributed by atoms with Crippen molar-refractivity contribution in [3.8, 4) is 11.5 Å². The predicted octanol–water partition coefficient (Wildman–Crippen LogP) is 3.63. The number of amides is 1. The summed E-state index contributed by atoms with van der Waals surface area (Å²) >= 11 is 0. The molecule has 2 aromatic rings. The quantitative estimate of drug-likeness (QED) is 0.654. The maximum atomic E-state index is 12.1. The van der Waals surface area contributed by atoms with Crippen LogP contribution < -0.4 is 14.8 Å². The molecule has 1 fully saturated rings. The van der Waals surface area contributed by atoms with Crippen molar-refractivity contribution in [2.24, 2.45) is 0 Å². The summed E-state index contributed by atoms with van der Waals surface area (Å²) in [5.41, 5.74) is 1.08. The lowest BCUT2D eigenvalue weighted by molar-refractivity contribution is -0.156. The summed E-state index contributed by atoms with van der Waals surface area (Å²) < 4.78 is 16.3. The Labute approximate surface area is 171 Å². The summed E-state index contributed by atoms with van der Waals surface area (Å²) in [6.45, 7) is 1.79. The van der Waals surface area contributed by atoms with E-state index in [1.54, 1.807) is 31.2 Å². The molecule has 6 heteroatoms. The molecule has 1 atom stereocenters. The lowest BCUT2D eigenvalue weighted by atomic mass is 10.2. The van der Waals surface area contributed by atoms with E-state index in [9.17, 15) is 9.59 Å². The average molecular weight is 397 g/mol. The summed E-state index contributed by atoms with van der Waals surface area (Å²) in [4.78, 5) is 24.0. The first kappa shape index (κ1) is 20.7. The van der Waals surface area contributed by atoms with Gasteiger partial charge in [-0.15, -0.1) is 0 Å². The minimum Gasteiger partial charge on any atom is -0.489 e. The Morgan fingerprint density at radius 1 is 0.966 bits per heavy atom. The Morgan fingerprint density at radius 3 is 2.24 bits per heavy atom. The minimum atomic E-state index is -0.833. The van der Waals surface area contributed by atoms with Crippen molar-refractivity contribution < 1.29 is 23.8 Å². The van der Waals surface area contributed by atoms with Gasteiger partial charge in [-0.05, 0) is 49.6 Å². The van der Waals surface area contributed by atoms with E-state index in [-0.39, 0.29) is 18.6 Å². The Hall–Kier alpha value is -3.02. The van der Waals surface area contributed by atoms with Crippen LogP contribution in [0.3, 0.4) is 0 Å². The van der Waals surface area contributed by atoms with E-state index in [0.29, 0.717) is 18.1 Å². The van der Waals surface area contributed by atoms with Crippen LogP contribution in [0.25, 0.3) is 0 Å². The Kier molecular flexibility index (Phi) is 7.50. The molecule has 0 aromatic heterocycles. The smallest absolute Gasteiger partial charge is 0.344 e. The molecule has 0 spiro atoms. The van der Waals surface area contributed by atoms with E-state index < -0.39 is 12.1 Å². The van der Waals surface area contributed by atoms with Crippen molar-refractivity contribution in [1.29, 1.82) is 0 Å². The van der Waals surface area contributed by atoms with E-state index in [0.717, 1.165) is 31.2 Å². The highest BCUT2D eigenvalue weighted by Crippen LogP contribution is 2.19. The largest absolute Gasteiger partial charge is 0.489 e. The topological polar surface area (TPSA) is 73.9 Å². The van der Waals surface area contributed by atoms with Gasteiger partial charge in [-0.2, -0.15) is 0 Å². The van der Waals surface area contributed by atoms with Crippen molar-refractivity contribution in [2.75, 3.05) is 6.61 Å². The van der Waals surface area contributed by atoms with E-state index >= 15 is 0 Å². The lowest BCUT2D eigenvalue weighted by Gasteiger charge is -2.17. The molecule has 1 N–H and O–H groups in total. The summed E-state index contributed by atoms with van der Waals surface area (Å²) in [7, 11) is 0. The predicted molar refractivity (Wildman–Crippen MR) is 109 cm³/mol. The second-order valence-corrected chi connectivity index (χ2v) is 7.16. The molecule has 0 radical (unpaired) electrons. The van der Waals surface area contributed by atoms with Crippen LogP contribution in [0.1, 0.15) is 38.2 Å². The van der Waals surface area contributed by atoms with Gasteiger partial charge in [-0.3, -0.25) is 4.79 Å². The number of benzene rings is 2. The third-order valence-corrected chi connectivity index (χ3v) is 4.81. The first-order valence-electron chi connectivity index (χ1n) is 9.99. The van der Waals surface area contributed by atoms with Crippen LogP contribution in [0.4, 0.5) is 0 Å². The maximum Gasteiger partial charge on any atom is 0.344 e. The number of ether oxygens (including phenoxy) is 3. The number of nitrogens with one attached hydrogen (secondary N) is 1. The molecule has 0 unspecified atom stereocenters. The fourth-order valence-corrected chi connectivity index (χ4v) is 3.19. The molecular formula is C23H27NO5. The van der Waals surface area contributed by atoms with Crippen LogP contribution in [0.15, 0.2) is 54.6 Å². The SMILES string of the molecule is C[C@H](OC(=O)COc1ccc(OCc2ccccc2)cc1)C(=O)NC1CCCC1. The summed E-state index contributed by atoms with van der Waals surface area (Å²) in [5.74, 6) is 0.395. The Bertz CT molecular complexity index is 785. The van der Waals surface area contributed by atoms with Gasteiger partial charge >= 0.3 is 5.97 Å². The molecule has 1 aliphatic carbocycles. The molecule has 0 heterocycles. The van der Waals surface area contributed by atoms with Gasteiger partial charge in [0, 0.05) is 6.04 Å². The number of hydrogen-bond donors (Lipinski definition) is 1. The number of carbonyl (C=O) groups is 2. The second-order valence-electron chi connectivity index (χ2n) is 7.16. The zero-order chi connectivity index (χ0) is 20.5. The molecule has 0 saturated heterocycles. The molecule has 1 saturated carbocycles. The van der Waals surface area contributed by atoms with E-state index in [1.165, 1.54) is 0 Å². The Balaban J connectivity index is 1.37. The molecule has 29 heavy (non-hydrogen) atoms. The fourth-order valence-electron chi connectivity index (χ4n) is 3.19. The van der Waals surface area contributed by atoms with Crippen molar-refractivity contribution in [2.45, 2.75) is 51.4 Å². The van der Waals surface area contributed by atoms with Crippen molar-refractivity contribution in [3.63, 3.8) is 0 Å². The third-order valence-electron chi connectivity index (χ3n) is 4.81. The van der Waals surface area contributed by atoms with Gasteiger partial charge in [0.1, 0.15) is 18.1 Å². The summed E-state index contributed by atoms with van der Waals surface area (Å²) in [5, 5.41) is 2.92. The lowest BCUT2D eigenvalue weighted by Crippen LogP contribution is -2.41. The number of carbonyl (C=O) groups excluding carboxylic acids is 2. The highest BCUT2D eigenvalue weighted by molar-refractivity contribution is 5.83. The van der Waals surface area contributed by atoms with Crippen molar-refractivity contribution >= 4 is 11.9 Å². The molecule has 6 nitrogen and oxygen atoms in total. The van der Waals surface area contributed by atoms with Gasteiger partial charge in [-0.25, -0.2) is 4.79 Å². The van der Waals surface area contributed by atoms with E-state index in [1.807, 2.05) is 30.3 Å². The molecule has 1 amide bonds. The van der Waals surface area contributed by atoms with Gasteiger partial charge in [0.25, 0.3) is 5.91 Å². The van der Waals surface area contributed by atoms with Crippen LogP contribution in [-0.4, -0.2) is 30.6 Å². The maximum absolute atomic E-state index is 12.1. The normalized spacial score (nSPS) is 14.8. The first-order valence-corrected chi connectivity index (χ1v) is 9.99. The van der Waals surface area contributed by atoms with Crippen LogP contribution in [-0.2, 0) is 20.9 Å². The van der Waals surface area contributed by atoms with Crippen molar-refractivity contribution in [3.05, 3.63) is 60.2 Å². The molecule has 1 aliphatic rings. The molecule has 154 valence electrons. The zero-order valence-electron chi connectivity index (χ0n) is 16.6. The Morgan fingerprint density at radius 2 is 1.59 bits per heavy atom.